The number of carbonyl (C=O) groups excluding carboxylic acids is 3. The quantitative estimate of drug-likeness (QED) is 0.0291. The first kappa shape index (κ1) is 80.2. The van der Waals surface area contributed by atoms with E-state index in [1.54, 1.807) is 0 Å². The van der Waals surface area contributed by atoms with Crippen molar-refractivity contribution in [2.45, 2.75) is 304 Å². The van der Waals surface area contributed by atoms with Crippen molar-refractivity contribution in [2.75, 3.05) is 111 Å². The Morgan fingerprint density at radius 1 is 0.250 bits per heavy atom. The molecule has 0 spiro atoms. The van der Waals surface area contributed by atoms with E-state index in [-0.39, 0.29) is 37.5 Å². The van der Waals surface area contributed by atoms with E-state index in [1.165, 1.54) is 231 Å². The summed E-state index contributed by atoms with van der Waals surface area (Å²) in [6.07, 6.45) is 54.5. The normalized spacial score (nSPS) is 11.5. The molecule has 0 radical (unpaired) electrons. The van der Waals surface area contributed by atoms with Crippen LogP contribution in [0.1, 0.15) is 304 Å². The monoisotopic (exact) mass is 1140 g/mol. The van der Waals surface area contributed by atoms with E-state index in [0.717, 1.165) is 78.0 Å². The van der Waals surface area contributed by atoms with E-state index in [2.05, 4.69) is 58.8 Å². The van der Waals surface area contributed by atoms with Crippen LogP contribution in [0.25, 0.3) is 0 Å². The maximum atomic E-state index is 12.6. The van der Waals surface area contributed by atoms with Gasteiger partial charge >= 0.3 is 0 Å². The van der Waals surface area contributed by atoms with Crippen LogP contribution in [0.5, 0.6) is 0 Å². The molecule has 0 aromatic carbocycles. The van der Waals surface area contributed by atoms with E-state index in [1.807, 2.05) is 4.90 Å². The summed E-state index contributed by atoms with van der Waals surface area (Å²) >= 11 is 0. The van der Waals surface area contributed by atoms with Gasteiger partial charge in [0.25, 0.3) is 0 Å². The zero-order valence-electron chi connectivity index (χ0n) is 53.8. The molecule has 0 rings (SSSR count). The van der Waals surface area contributed by atoms with E-state index < -0.39 is 0 Å². The van der Waals surface area contributed by atoms with Gasteiger partial charge in [0.1, 0.15) is 0 Å². The van der Waals surface area contributed by atoms with Gasteiger partial charge in [0.05, 0.1) is 19.8 Å². The van der Waals surface area contributed by atoms with Crippen molar-refractivity contribution >= 4 is 17.7 Å². The summed E-state index contributed by atoms with van der Waals surface area (Å²) in [5, 5.41) is 39.9. The molecule has 0 bridgehead atoms. The highest BCUT2D eigenvalue weighted by Gasteiger charge is 2.13. The minimum absolute atomic E-state index is 0.0988. The molecule has 0 aromatic rings. The van der Waals surface area contributed by atoms with Crippen LogP contribution in [0.4, 0.5) is 0 Å². The average molecular weight is 1140 g/mol. The van der Waals surface area contributed by atoms with Gasteiger partial charge in [-0.1, -0.05) is 259 Å². The molecule has 0 saturated carbocycles. The van der Waals surface area contributed by atoms with Gasteiger partial charge in [0, 0.05) is 104 Å². The molecular weight excluding hydrogens is 999 g/mol. The Hall–Kier alpha value is -1.87. The van der Waals surface area contributed by atoms with Crippen LogP contribution in [0.15, 0.2) is 0 Å². The molecule has 0 heterocycles. The summed E-state index contributed by atoms with van der Waals surface area (Å²) in [6, 6.07) is 0. The van der Waals surface area contributed by atoms with E-state index in [0.29, 0.717) is 58.5 Å². The first-order valence-electron chi connectivity index (χ1n) is 34.8. The van der Waals surface area contributed by atoms with Crippen LogP contribution in [0, 0.1) is 0 Å². The molecule has 0 aliphatic rings. The van der Waals surface area contributed by atoms with Crippen molar-refractivity contribution in [3.05, 3.63) is 0 Å². The van der Waals surface area contributed by atoms with Crippen molar-refractivity contribution in [3.63, 3.8) is 0 Å². The number of nitrogens with zero attached hydrogens (tertiary/aromatic N) is 3. The van der Waals surface area contributed by atoms with Crippen LogP contribution in [-0.2, 0) is 14.4 Å². The van der Waals surface area contributed by atoms with Crippen molar-refractivity contribution in [1.29, 1.82) is 0 Å². The second kappa shape index (κ2) is 69.6. The highest BCUT2D eigenvalue weighted by Crippen LogP contribution is 2.15. The van der Waals surface area contributed by atoms with Gasteiger partial charge in [0.2, 0.25) is 17.7 Å². The highest BCUT2D eigenvalue weighted by atomic mass is 16.3. The van der Waals surface area contributed by atoms with Gasteiger partial charge < -0.3 is 41.5 Å². The fraction of sp³-hybridized carbons (Fsp3) is 0.955. The van der Waals surface area contributed by atoms with E-state index >= 15 is 0 Å². The fourth-order valence-corrected chi connectivity index (χ4v) is 10.5. The number of aliphatic hydroxyl groups is 3. The van der Waals surface area contributed by atoms with Crippen LogP contribution in [0.3, 0.4) is 0 Å². The smallest absolute Gasteiger partial charge is 0.221 e. The summed E-state index contributed by atoms with van der Waals surface area (Å²) < 4.78 is 0. The average Bonchev–Trinajstić information content (AvgIpc) is 3.45. The Morgan fingerprint density at radius 3 is 0.775 bits per heavy atom. The fourth-order valence-electron chi connectivity index (χ4n) is 10.5. The number of rotatable bonds is 65. The Balaban J connectivity index is 0. The van der Waals surface area contributed by atoms with Gasteiger partial charge in [-0.3, -0.25) is 24.2 Å². The lowest BCUT2D eigenvalue weighted by Gasteiger charge is -2.27. The largest absolute Gasteiger partial charge is 0.395 e. The lowest BCUT2D eigenvalue weighted by Crippen LogP contribution is -2.40. The van der Waals surface area contributed by atoms with Crippen molar-refractivity contribution < 1.29 is 29.7 Å². The first-order valence-corrected chi connectivity index (χ1v) is 34.8. The second-order valence-electron chi connectivity index (χ2n) is 23.5. The molecule has 0 fully saturated rings. The molecule has 0 unspecified atom stereocenters. The van der Waals surface area contributed by atoms with E-state index in [9.17, 15) is 19.5 Å². The summed E-state index contributed by atoms with van der Waals surface area (Å²) in [6.45, 7) is 19.6. The number of amides is 3. The van der Waals surface area contributed by atoms with Crippen molar-refractivity contribution in [3.8, 4) is 0 Å². The summed E-state index contributed by atoms with van der Waals surface area (Å²) in [7, 11) is 0. The molecule has 0 saturated heterocycles. The standard InChI is InChI=1S/C43H88N4O3.C24H51N3O3/c1-4-7-9-11-13-15-17-19-21-23-25-27-29-33-44-42(49)31-36-47(39-38-46(35-6-3)40-41-48)37-32-43(50)45-34-30-28-26-24-22-20-18-16-14-12-10-8-5-2;1-2-3-4-5-6-7-8-9-10-11-12-13-14-16-26-24(30)15-17-25-18-19-27(20-22-28)21-23-29/h48H,4-41H2,1-3H3,(H,44,49)(H,45,50);25,28-29H,2-23H2,1H3,(H,26,30). The molecule has 478 valence electrons. The van der Waals surface area contributed by atoms with Gasteiger partial charge in [-0.05, 0) is 32.2 Å². The minimum atomic E-state index is 0.0988. The maximum absolute atomic E-state index is 12.6. The third-order valence-corrected chi connectivity index (χ3v) is 15.8. The van der Waals surface area contributed by atoms with Gasteiger partial charge in [-0.25, -0.2) is 0 Å². The van der Waals surface area contributed by atoms with Crippen molar-refractivity contribution in [2.24, 2.45) is 0 Å². The van der Waals surface area contributed by atoms with Crippen LogP contribution >= 0.6 is 0 Å². The SMILES string of the molecule is CCCCCCCCCCCCCCCNC(=O)CCN(CCC(=O)NCCCCCCCCCCCCCCC)CCN(CCC)CCO.CCCCCCCCCCCCCCCNC(=O)CCNCCN(CCO)CCO. The second-order valence-corrected chi connectivity index (χ2v) is 23.5. The molecule has 13 heteroatoms. The molecule has 0 aromatic heterocycles. The molecule has 3 amide bonds. The Morgan fingerprint density at radius 2 is 0.500 bits per heavy atom. The minimum Gasteiger partial charge on any atom is -0.395 e. The van der Waals surface area contributed by atoms with Crippen LogP contribution in [-0.4, -0.2) is 159 Å². The van der Waals surface area contributed by atoms with Crippen LogP contribution in [0.2, 0.25) is 0 Å². The number of hydrogen-bond acceptors (Lipinski definition) is 10. The third-order valence-electron chi connectivity index (χ3n) is 15.8. The van der Waals surface area contributed by atoms with Crippen LogP contribution < -0.4 is 21.3 Å². The Bertz CT molecular complexity index is 1180. The number of hydrogen-bond donors (Lipinski definition) is 7. The summed E-state index contributed by atoms with van der Waals surface area (Å²) in [5.41, 5.74) is 0. The molecule has 0 aliphatic heterocycles. The number of carbonyl (C=O) groups is 3. The zero-order valence-corrected chi connectivity index (χ0v) is 53.8. The predicted molar refractivity (Wildman–Crippen MR) is 344 cm³/mol. The Kier molecular flexibility index (Phi) is 69.8. The van der Waals surface area contributed by atoms with E-state index in [4.69, 9.17) is 10.2 Å². The van der Waals surface area contributed by atoms with Gasteiger partial charge in [0.15, 0.2) is 0 Å². The molecule has 80 heavy (non-hydrogen) atoms. The summed E-state index contributed by atoms with van der Waals surface area (Å²) in [5.74, 6) is 0.340. The third kappa shape index (κ3) is 65.3. The zero-order chi connectivity index (χ0) is 58.7. The molecule has 13 nitrogen and oxygen atoms in total. The molecule has 0 atom stereocenters. The Labute approximate surface area is 496 Å². The topological polar surface area (TPSA) is 170 Å². The lowest BCUT2D eigenvalue weighted by molar-refractivity contribution is -0.122. The molecule has 0 aliphatic carbocycles. The molecular formula is C67H139N7O6. The first-order chi connectivity index (χ1) is 39.3. The number of nitrogens with one attached hydrogen (secondary N) is 4. The van der Waals surface area contributed by atoms with Gasteiger partial charge in [-0.15, -0.1) is 0 Å². The predicted octanol–water partition coefficient (Wildman–Crippen LogP) is 13.6. The van der Waals surface area contributed by atoms with Crippen molar-refractivity contribution in [1.82, 2.24) is 36.0 Å². The van der Waals surface area contributed by atoms with Gasteiger partial charge in [-0.2, -0.15) is 0 Å². The lowest BCUT2D eigenvalue weighted by atomic mass is 10.0. The molecule has 7 N–H and O–H groups in total. The highest BCUT2D eigenvalue weighted by molar-refractivity contribution is 5.77. The maximum Gasteiger partial charge on any atom is 0.221 e. The summed E-state index contributed by atoms with van der Waals surface area (Å²) in [4.78, 5) is 43.7. The number of aliphatic hydroxyl groups excluding tert-OH is 3. The number of unbranched alkanes of at least 4 members (excludes halogenated alkanes) is 36.